The molecule has 4 nitrogen and oxygen atoms in total. The molecule has 0 radical (unpaired) electrons. The number of aliphatic hydroxyl groups is 2. The molecule has 88 valence electrons. The van der Waals surface area contributed by atoms with Crippen molar-refractivity contribution in [3.8, 4) is 0 Å². The molecule has 0 saturated heterocycles. The zero-order chi connectivity index (χ0) is 11.2. The minimum absolute atomic E-state index is 0.0278. The Kier molecular flexibility index (Phi) is 17.8. The third-order valence-corrected chi connectivity index (χ3v) is 1.81. The van der Waals surface area contributed by atoms with Crippen LogP contribution in [0.5, 0.6) is 0 Å². The Morgan fingerprint density at radius 1 is 0.857 bits per heavy atom. The monoisotopic (exact) mass is 207 g/mol. The quantitative estimate of drug-likeness (QED) is 0.591. The van der Waals surface area contributed by atoms with E-state index in [9.17, 15) is 0 Å². The molecule has 0 aromatic carbocycles. The molecule has 0 fully saturated rings. The normalized spacial score (nSPS) is 9.86. The van der Waals surface area contributed by atoms with Gasteiger partial charge in [0, 0.05) is 0 Å². The molecule has 0 atom stereocenters. The first kappa shape index (κ1) is 16.3. The van der Waals surface area contributed by atoms with E-state index in [2.05, 4.69) is 30.4 Å². The fourth-order valence-corrected chi connectivity index (χ4v) is 0.902. The van der Waals surface area contributed by atoms with Crippen molar-refractivity contribution in [1.82, 2.24) is 4.90 Å². The van der Waals surface area contributed by atoms with Gasteiger partial charge in [0.15, 0.2) is 0 Å². The van der Waals surface area contributed by atoms with Crippen LogP contribution in [0.2, 0.25) is 0 Å². The molecule has 0 aliphatic carbocycles. The van der Waals surface area contributed by atoms with Gasteiger partial charge in [0.05, 0.1) is 26.4 Å². The van der Waals surface area contributed by atoms with Gasteiger partial charge in [-0.1, -0.05) is 20.8 Å². The van der Waals surface area contributed by atoms with Crippen LogP contribution in [0.1, 0.15) is 20.8 Å². The highest BCUT2D eigenvalue weighted by molar-refractivity contribution is 4.43. The van der Waals surface area contributed by atoms with E-state index >= 15 is 0 Å². The highest BCUT2D eigenvalue weighted by Gasteiger charge is 1.89. The second-order valence-electron chi connectivity index (χ2n) is 2.68. The topological polar surface area (TPSA) is 52.9 Å². The molecule has 0 aliphatic heterocycles. The number of hydrogen-bond donors (Lipinski definition) is 2. The van der Waals surface area contributed by atoms with Crippen molar-refractivity contribution in [2.24, 2.45) is 0 Å². The van der Waals surface area contributed by atoms with Gasteiger partial charge in [-0.25, -0.2) is 0 Å². The molecular formula is C10H25NO3. The Bertz CT molecular complexity index is 77.9. The van der Waals surface area contributed by atoms with Crippen LogP contribution in [0.25, 0.3) is 0 Å². The Hall–Kier alpha value is -0.160. The number of ether oxygens (including phenoxy) is 1. The van der Waals surface area contributed by atoms with Gasteiger partial charge in [-0.15, -0.1) is 0 Å². The van der Waals surface area contributed by atoms with Crippen molar-refractivity contribution < 1.29 is 14.9 Å². The van der Waals surface area contributed by atoms with Gasteiger partial charge in [-0.3, -0.25) is 0 Å². The summed E-state index contributed by atoms with van der Waals surface area (Å²) in [6, 6.07) is 0. The van der Waals surface area contributed by atoms with Crippen molar-refractivity contribution in [1.29, 1.82) is 0 Å². The summed E-state index contributed by atoms with van der Waals surface area (Å²) in [6.45, 7) is 10.8. The molecule has 0 aliphatic rings. The SMILES string of the molecule is CCN(CC)CC.OCCOCCO. The molecule has 0 rings (SSSR count). The Labute approximate surface area is 87.5 Å². The lowest BCUT2D eigenvalue weighted by molar-refractivity contribution is 0.0650. The largest absolute Gasteiger partial charge is 0.394 e. The molecule has 0 saturated carbocycles. The van der Waals surface area contributed by atoms with Crippen LogP contribution >= 0.6 is 0 Å². The van der Waals surface area contributed by atoms with Gasteiger partial charge in [0.2, 0.25) is 0 Å². The second kappa shape index (κ2) is 15.3. The van der Waals surface area contributed by atoms with E-state index in [-0.39, 0.29) is 13.2 Å². The van der Waals surface area contributed by atoms with E-state index in [0.29, 0.717) is 13.2 Å². The summed E-state index contributed by atoms with van der Waals surface area (Å²) in [5.41, 5.74) is 0. The zero-order valence-electron chi connectivity index (χ0n) is 9.70. The van der Waals surface area contributed by atoms with Gasteiger partial charge < -0.3 is 19.8 Å². The average Bonchev–Trinajstić information content (AvgIpc) is 2.22. The Balaban J connectivity index is 0. The predicted molar refractivity (Wildman–Crippen MR) is 58.5 cm³/mol. The van der Waals surface area contributed by atoms with Gasteiger partial charge in [0.25, 0.3) is 0 Å². The van der Waals surface area contributed by atoms with E-state index in [1.54, 1.807) is 0 Å². The first-order valence-corrected chi connectivity index (χ1v) is 5.28. The van der Waals surface area contributed by atoms with Gasteiger partial charge in [0.1, 0.15) is 0 Å². The lowest BCUT2D eigenvalue weighted by Gasteiger charge is -2.13. The highest BCUT2D eigenvalue weighted by atomic mass is 16.5. The lowest BCUT2D eigenvalue weighted by atomic mass is 10.5. The van der Waals surface area contributed by atoms with Gasteiger partial charge >= 0.3 is 0 Å². The van der Waals surface area contributed by atoms with E-state index in [1.165, 1.54) is 19.6 Å². The minimum Gasteiger partial charge on any atom is -0.394 e. The smallest absolute Gasteiger partial charge is 0.0698 e. The fourth-order valence-electron chi connectivity index (χ4n) is 0.902. The van der Waals surface area contributed by atoms with Crippen molar-refractivity contribution in [3.05, 3.63) is 0 Å². The minimum atomic E-state index is 0.0278. The molecule has 4 heteroatoms. The van der Waals surface area contributed by atoms with E-state index < -0.39 is 0 Å². The number of hydrogen-bond acceptors (Lipinski definition) is 4. The number of rotatable bonds is 7. The van der Waals surface area contributed by atoms with Gasteiger partial charge in [-0.2, -0.15) is 0 Å². The summed E-state index contributed by atoms with van der Waals surface area (Å²) in [5.74, 6) is 0. The molecule has 0 aromatic heterocycles. The van der Waals surface area contributed by atoms with Crippen LogP contribution in [-0.4, -0.2) is 61.2 Å². The van der Waals surface area contributed by atoms with Crippen LogP contribution in [0, 0.1) is 0 Å². The fraction of sp³-hybridized carbons (Fsp3) is 1.00. The van der Waals surface area contributed by atoms with E-state index in [4.69, 9.17) is 10.2 Å². The summed E-state index contributed by atoms with van der Waals surface area (Å²) in [7, 11) is 0. The molecule has 0 heterocycles. The molecule has 14 heavy (non-hydrogen) atoms. The highest BCUT2D eigenvalue weighted by Crippen LogP contribution is 1.81. The lowest BCUT2D eigenvalue weighted by Crippen LogP contribution is -2.21. The number of nitrogens with zero attached hydrogens (tertiary/aromatic N) is 1. The predicted octanol–water partition coefficient (Wildman–Crippen LogP) is 0.336. The van der Waals surface area contributed by atoms with Crippen LogP contribution in [0.15, 0.2) is 0 Å². The maximum atomic E-state index is 8.09. The van der Waals surface area contributed by atoms with Crippen molar-refractivity contribution >= 4 is 0 Å². The standard InChI is InChI=1S/C6H15N.C4H10O3/c1-4-7(5-2)6-3;5-1-3-7-4-2-6/h4-6H2,1-3H3;5-6H,1-4H2. The molecular weight excluding hydrogens is 182 g/mol. The number of aliphatic hydroxyl groups excluding tert-OH is 2. The summed E-state index contributed by atoms with van der Waals surface area (Å²) in [6.07, 6.45) is 0. The van der Waals surface area contributed by atoms with Gasteiger partial charge in [-0.05, 0) is 19.6 Å². The first-order valence-electron chi connectivity index (χ1n) is 5.28. The molecule has 0 aromatic rings. The molecule has 0 spiro atoms. The van der Waals surface area contributed by atoms with Crippen molar-refractivity contribution in [2.75, 3.05) is 46.1 Å². The Morgan fingerprint density at radius 3 is 1.36 bits per heavy atom. The maximum absolute atomic E-state index is 8.09. The summed E-state index contributed by atoms with van der Waals surface area (Å²) < 4.78 is 4.63. The zero-order valence-corrected chi connectivity index (χ0v) is 9.70. The Morgan fingerprint density at radius 2 is 1.21 bits per heavy atom. The first-order chi connectivity index (χ1) is 6.76. The van der Waals surface area contributed by atoms with Crippen molar-refractivity contribution in [2.45, 2.75) is 20.8 Å². The van der Waals surface area contributed by atoms with Crippen LogP contribution in [0.4, 0.5) is 0 Å². The molecule has 0 bridgehead atoms. The third kappa shape index (κ3) is 14.4. The molecule has 0 amide bonds. The molecule has 2 N–H and O–H groups in total. The molecule has 0 unspecified atom stereocenters. The van der Waals surface area contributed by atoms with Crippen molar-refractivity contribution in [3.63, 3.8) is 0 Å². The third-order valence-electron chi connectivity index (χ3n) is 1.81. The van der Waals surface area contributed by atoms with E-state index in [0.717, 1.165) is 0 Å². The average molecular weight is 207 g/mol. The van der Waals surface area contributed by atoms with Crippen LogP contribution < -0.4 is 0 Å². The van der Waals surface area contributed by atoms with Crippen LogP contribution in [0.3, 0.4) is 0 Å². The summed E-state index contributed by atoms with van der Waals surface area (Å²) in [5, 5.41) is 16.2. The maximum Gasteiger partial charge on any atom is 0.0698 e. The van der Waals surface area contributed by atoms with Crippen LogP contribution in [-0.2, 0) is 4.74 Å². The summed E-state index contributed by atoms with van der Waals surface area (Å²) >= 11 is 0. The summed E-state index contributed by atoms with van der Waals surface area (Å²) in [4.78, 5) is 2.38. The second-order valence-corrected chi connectivity index (χ2v) is 2.68. The van der Waals surface area contributed by atoms with E-state index in [1.807, 2.05) is 0 Å².